The summed E-state index contributed by atoms with van der Waals surface area (Å²) in [5.41, 5.74) is 7.19. The zero-order valence-electron chi connectivity index (χ0n) is 22.8. The van der Waals surface area contributed by atoms with Crippen LogP contribution in [0.1, 0.15) is 86.4 Å². The monoisotopic (exact) mass is 492 g/mol. The predicted molar refractivity (Wildman–Crippen MR) is 142 cm³/mol. The van der Waals surface area contributed by atoms with Gasteiger partial charge in [0.25, 0.3) is 0 Å². The molecule has 0 saturated carbocycles. The average molecular weight is 493 g/mol. The maximum absolute atomic E-state index is 13.5. The number of rotatable bonds is 4. The molecule has 2 amide bonds. The highest BCUT2D eigenvalue weighted by Crippen LogP contribution is 2.44. The number of urea groups is 1. The van der Waals surface area contributed by atoms with Crippen molar-refractivity contribution in [1.29, 1.82) is 0 Å². The first kappa shape index (κ1) is 26.2. The standard InChI is InChI=1S/C30H40N2O4/c1-18-11-13-22(14-12-18)25-20(3)23-16-31(29(35)32-15-9-8-10-19(32)2)17-24(23)21(4)26(25)27(28(33)34)36-30(5,6)7/h11-14,19,27H,8-10,15-17H2,1-7H3,(H,33,34)/t19-,27+/m1/s1. The van der Waals surface area contributed by atoms with Gasteiger partial charge in [0.2, 0.25) is 0 Å². The summed E-state index contributed by atoms with van der Waals surface area (Å²) in [6.45, 7) is 15.7. The van der Waals surface area contributed by atoms with E-state index in [4.69, 9.17) is 4.74 Å². The van der Waals surface area contributed by atoms with Gasteiger partial charge in [-0.2, -0.15) is 0 Å². The van der Waals surface area contributed by atoms with Crippen LogP contribution >= 0.6 is 0 Å². The lowest BCUT2D eigenvalue weighted by atomic mass is 9.83. The zero-order chi connectivity index (χ0) is 26.4. The number of carbonyl (C=O) groups is 2. The third kappa shape index (κ3) is 5.01. The first-order valence-electron chi connectivity index (χ1n) is 13.1. The maximum Gasteiger partial charge on any atom is 0.337 e. The van der Waals surface area contributed by atoms with E-state index in [1.165, 1.54) is 0 Å². The van der Waals surface area contributed by atoms with E-state index < -0.39 is 17.7 Å². The molecular formula is C30H40N2O4. The third-order valence-corrected chi connectivity index (χ3v) is 7.63. The van der Waals surface area contributed by atoms with Crippen molar-refractivity contribution in [1.82, 2.24) is 9.80 Å². The molecule has 0 radical (unpaired) electrons. The van der Waals surface area contributed by atoms with Crippen LogP contribution in [0.5, 0.6) is 0 Å². The van der Waals surface area contributed by atoms with Gasteiger partial charge in [0.1, 0.15) is 0 Å². The molecular weight excluding hydrogens is 452 g/mol. The molecule has 1 saturated heterocycles. The molecule has 1 N–H and O–H groups in total. The van der Waals surface area contributed by atoms with Crippen molar-refractivity contribution >= 4 is 12.0 Å². The fourth-order valence-corrected chi connectivity index (χ4v) is 5.73. The van der Waals surface area contributed by atoms with Gasteiger partial charge in [-0.15, -0.1) is 0 Å². The number of hydrogen-bond donors (Lipinski definition) is 1. The Morgan fingerprint density at radius 3 is 2.17 bits per heavy atom. The summed E-state index contributed by atoms with van der Waals surface area (Å²) in [6, 6.07) is 8.53. The number of likely N-dealkylation sites (tertiary alicyclic amines) is 1. The van der Waals surface area contributed by atoms with Gasteiger partial charge in [-0.3, -0.25) is 0 Å². The molecule has 2 aromatic rings. The van der Waals surface area contributed by atoms with Crippen molar-refractivity contribution < 1.29 is 19.4 Å². The number of carboxylic acids is 1. The number of hydrogen-bond acceptors (Lipinski definition) is 3. The largest absolute Gasteiger partial charge is 0.479 e. The molecule has 2 aromatic carbocycles. The van der Waals surface area contributed by atoms with Crippen molar-refractivity contribution in [3.63, 3.8) is 0 Å². The van der Waals surface area contributed by atoms with Crippen LogP contribution in [0.25, 0.3) is 11.1 Å². The van der Waals surface area contributed by atoms with Gasteiger partial charge < -0.3 is 19.6 Å². The molecule has 0 spiro atoms. The van der Waals surface area contributed by atoms with E-state index in [0.717, 1.165) is 64.8 Å². The number of aryl methyl sites for hydroxylation is 1. The van der Waals surface area contributed by atoms with E-state index in [-0.39, 0.29) is 12.1 Å². The predicted octanol–water partition coefficient (Wildman–Crippen LogP) is 6.53. The molecule has 194 valence electrons. The topological polar surface area (TPSA) is 70.1 Å². The minimum absolute atomic E-state index is 0.0800. The number of piperidine rings is 1. The minimum Gasteiger partial charge on any atom is -0.479 e. The van der Waals surface area contributed by atoms with Gasteiger partial charge in [-0.1, -0.05) is 29.8 Å². The van der Waals surface area contributed by atoms with Gasteiger partial charge >= 0.3 is 12.0 Å². The Kier molecular flexibility index (Phi) is 7.20. The Morgan fingerprint density at radius 2 is 1.61 bits per heavy atom. The van der Waals surface area contributed by atoms with Crippen LogP contribution in [0, 0.1) is 20.8 Å². The van der Waals surface area contributed by atoms with Crippen molar-refractivity contribution in [2.75, 3.05) is 6.54 Å². The van der Waals surface area contributed by atoms with E-state index in [0.29, 0.717) is 18.7 Å². The molecule has 2 heterocycles. The highest BCUT2D eigenvalue weighted by Gasteiger charge is 2.38. The van der Waals surface area contributed by atoms with Crippen molar-refractivity contribution in [2.24, 2.45) is 0 Å². The second-order valence-electron chi connectivity index (χ2n) is 11.5. The number of nitrogens with zero attached hydrogens (tertiary/aromatic N) is 2. The Labute approximate surface area is 215 Å². The number of ether oxygens (including phenoxy) is 1. The SMILES string of the molecule is Cc1ccc(-c2c(C)c3c(c(C)c2[C@H](OC(C)(C)C)C(=O)O)CN(C(=O)N2CCCC[C@H]2C)C3)cc1. The Hall–Kier alpha value is -2.86. The number of aliphatic carboxylic acids is 1. The Morgan fingerprint density at radius 1 is 1.00 bits per heavy atom. The highest BCUT2D eigenvalue weighted by atomic mass is 16.5. The van der Waals surface area contributed by atoms with Gasteiger partial charge in [0.05, 0.1) is 5.60 Å². The van der Waals surface area contributed by atoms with E-state index in [1.54, 1.807) is 0 Å². The quantitative estimate of drug-likeness (QED) is 0.527. The highest BCUT2D eigenvalue weighted by molar-refractivity contribution is 5.85. The lowest BCUT2D eigenvalue weighted by molar-refractivity contribution is -0.160. The molecule has 1 fully saturated rings. The average Bonchev–Trinajstić information content (AvgIpc) is 3.26. The summed E-state index contributed by atoms with van der Waals surface area (Å²) in [7, 11) is 0. The number of amides is 2. The minimum atomic E-state index is -1.11. The van der Waals surface area contributed by atoms with E-state index in [2.05, 4.69) is 38.1 Å². The normalized spacial score (nSPS) is 18.8. The first-order valence-corrected chi connectivity index (χ1v) is 13.1. The Balaban J connectivity index is 1.85. The summed E-state index contributed by atoms with van der Waals surface area (Å²) in [6.07, 6.45) is 2.13. The fraction of sp³-hybridized carbons (Fsp3) is 0.533. The van der Waals surface area contributed by atoms with Crippen molar-refractivity contribution in [2.45, 2.75) is 98.6 Å². The lowest BCUT2D eigenvalue weighted by Gasteiger charge is -2.36. The van der Waals surface area contributed by atoms with E-state index in [1.807, 2.05) is 44.4 Å². The summed E-state index contributed by atoms with van der Waals surface area (Å²) < 4.78 is 6.16. The molecule has 6 heteroatoms. The number of carbonyl (C=O) groups excluding carboxylic acids is 1. The van der Waals surface area contributed by atoms with Crippen LogP contribution in [0.15, 0.2) is 24.3 Å². The van der Waals surface area contributed by atoms with Crippen LogP contribution in [0.3, 0.4) is 0 Å². The van der Waals surface area contributed by atoms with Crippen LogP contribution in [0.2, 0.25) is 0 Å². The molecule has 36 heavy (non-hydrogen) atoms. The van der Waals surface area contributed by atoms with E-state index >= 15 is 0 Å². The second-order valence-corrected chi connectivity index (χ2v) is 11.5. The lowest BCUT2D eigenvalue weighted by Crippen LogP contribution is -2.47. The van der Waals surface area contributed by atoms with Crippen LogP contribution in [-0.4, -0.2) is 45.1 Å². The third-order valence-electron chi connectivity index (χ3n) is 7.63. The summed E-state index contributed by atoms with van der Waals surface area (Å²) in [5, 5.41) is 10.3. The van der Waals surface area contributed by atoms with Gasteiger partial charge in [0, 0.05) is 31.2 Å². The number of carboxylic acid groups (broad SMARTS) is 1. The van der Waals surface area contributed by atoms with Gasteiger partial charge in [-0.25, -0.2) is 9.59 Å². The van der Waals surface area contributed by atoms with Crippen molar-refractivity contribution in [3.05, 3.63) is 57.6 Å². The summed E-state index contributed by atoms with van der Waals surface area (Å²) in [5.74, 6) is -1.01. The molecule has 6 nitrogen and oxygen atoms in total. The van der Waals surface area contributed by atoms with Crippen LogP contribution in [-0.2, 0) is 22.6 Å². The fourth-order valence-electron chi connectivity index (χ4n) is 5.73. The molecule has 0 unspecified atom stereocenters. The molecule has 2 aliphatic heterocycles. The maximum atomic E-state index is 13.5. The van der Waals surface area contributed by atoms with Gasteiger partial charge in [0.15, 0.2) is 6.10 Å². The summed E-state index contributed by atoms with van der Waals surface area (Å²) >= 11 is 0. The molecule has 2 atom stereocenters. The van der Waals surface area contributed by atoms with Gasteiger partial charge in [-0.05, 0) is 101 Å². The molecule has 0 bridgehead atoms. The molecule has 2 aliphatic rings. The second kappa shape index (κ2) is 9.89. The number of benzene rings is 2. The summed E-state index contributed by atoms with van der Waals surface area (Å²) in [4.78, 5) is 30.1. The smallest absolute Gasteiger partial charge is 0.337 e. The molecule has 4 rings (SSSR count). The molecule has 0 aromatic heterocycles. The van der Waals surface area contributed by atoms with E-state index in [9.17, 15) is 14.7 Å². The van der Waals surface area contributed by atoms with Crippen molar-refractivity contribution in [3.8, 4) is 11.1 Å². The zero-order valence-corrected chi connectivity index (χ0v) is 22.8. The Bertz CT molecular complexity index is 1160. The van der Waals surface area contributed by atoms with Crippen LogP contribution < -0.4 is 0 Å². The first-order chi connectivity index (χ1) is 16.9. The van der Waals surface area contributed by atoms with Crippen LogP contribution in [0.4, 0.5) is 4.79 Å². The molecule has 0 aliphatic carbocycles. The number of fused-ring (bicyclic) bond motifs is 1.